The van der Waals surface area contributed by atoms with Crippen molar-refractivity contribution in [3.63, 3.8) is 0 Å². The van der Waals surface area contributed by atoms with Crippen molar-refractivity contribution in [2.75, 3.05) is 20.6 Å². The molecule has 0 bridgehead atoms. The molecule has 2 aromatic rings. The maximum absolute atomic E-state index is 12.9. The first-order chi connectivity index (χ1) is 12.0. The molecule has 2 aromatic carbocycles. The number of likely N-dealkylation sites (N-methyl/N-ethyl adjacent to an activating group) is 1. The highest BCUT2D eigenvalue weighted by Gasteiger charge is 2.16. The molecule has 132 valence electrons. The van der Waals surface area contributed by atoms with E-state index in [9.17, 15) is 14.0 Å². The van der Waals surface area contributed by atoms with Gasteiger partial charge in [-0.3, -0.25) is 9.59 Å². The second-order valence-corrected chi connectivity index (χ2v) is 6.22. The molecular weight excluding hydrogens is 319 g/mol. The number of carbonyl (C=O) groups excluding carboxylic acids is 2. The minimum absolute atomic E-state index is 0.0982. The van der Waals surface area contributed by atoms with Crippen LogP contribution < -0.4 is 5.32 Å². The number of nitrogens with zero attached hydrogens (tertiary/aromatic N) is 1. The Morgan fingerprint density at radius 1 is 1.00 bits per heavy atom. The molecule has 0 heterocycles. The van der Waals surface area contributed by atoms with Gasteiger partial charge in [0, 0.05) is 24.9 Å². The van der Waals surface area contributed by atoms with Gasteiger partial charge in [0.15, 0.2) is 5.78 Å². The van der Waals surface area contributed by atoms with Crippen LogP contribution in [0.5, 0.6) is 0 Å². The van der Waals surface area contributed by atoms with Crippen molar-refractivity contribution >= 4 is 11.7 Å². The minimum atomic E-state index is -0.385. The summed E-state index contributed by atoms with van der Waals surface area (Å²) in [6.45, 7) is 0.668. The van der Waals surface area contributed by atoms with E-state index in [0.717, 1.165) is 5.56 Å². The predicted molar refractivity (Wildman–Crippen MR) is 95.8 cm³/mol. The van der Waals surface area contributed by atoms with Crippen molar-refractivity contribution in [2.24, 2.45) is 0 Å². The van der Waals surface area contributed by atoms with Crippen LogP contribution in [-0.4, -0.2) is 37.2 Å². The highest BCUT2D eigenvalue weighted by atomic mass is 19.1. The van der Waals surface area contributed by atoms with E-state index >= 15 is 0 Å². The van der Waals surface area contributed by atoms with Gasteiger partial charge >= 0.3 is 0 Å². The molecular formula is C20H23FN2O2. The molecule has 0 saturated heterocycles. The SMILES string of the molecule is CN(C)C[C@@H](NC(=O)CCC(=O)c1ccc(F)cc1)c1ccccc1. The number of hydrogen-bond acceptors (Lipinski definition) is 3. The van der Waals surface area contributed by atoms with Crippen LogP contribution in [0.15, 0.2) is 54.6 Å². The summed E-state index contributed by atoms with van der Waals surface area (Å²) in [4.78, 5) is 26.3. The molecule has 0 radical (unpaired) electrons. The average Bonchev–Trinajstić information content (AvgIpc) is 2.60. The first-order valence-corrected chi connectivity index (χ1v) is 8.23. The number of ketones is 1. The van der Waals surface area contributed by atoms with E-state index in [1.165, 1.54) is 24.3 Å². The summed E-state index contributed by atoms with van der Waals surface area (Å²) < 4.78 is 12.9. The monoisotopic (exact) mass is 342 g/mol. The van der Waals surface area contributed by atoms with E-state index in [1.807, 2.05) is 49.3 Å². The zero-order valence-corrected chi connectivity index (χ0v) is 14.5. The molecule has 1 N–H and O–H groups in total. The van der Waals surface area contributed by atoms with Gasteiger partial charge in [0.25, 0.3) is 0 Å². The number of Topliss-reactive ketones (excluding diaryl/α,β-unsaturated/α-hetero) is 1. The Morgan fingerprint density at radius 2 is 1.64 bits per heavy atom. The van der Waals surface area contributed by atoms with Crippen molar-refractivity contribution in [1.29, 1.82) is 0 Å². The van der Waals surface area contributed by atoms with Gasteiger partial charge in [0.1, 0.15) is 5.82 Å². The van der Waals surface area contributed by atoms with Crippen LogP contribution in [0.25, 0.3) is 0 Å². The Morgan fingerprint density at radius 3 is 2.24 bits per heavy atom. The molecule has 0 aromatic heterocycles. The van der Waals surface area contributed by atoms with E-state index in [4.69, 9.17) is 0 Å². The number of halogens is 1. The molecule has 0 aliphatic carbocycles. The highest BCUT2D eigenvalue weighted by Crippen LogP contribution is 2.14. The first-order valence-electron chi connectivity index (χ1n) is 8.23. The minimum Gasteiger partial charge on any atom is -0.348 e. The summed E-state index contributed by atoms with van der Waals surface area (Å²) in [6.07, 6.45) is 0.202. The molecule has 1 atom stereocenters. The molecule has 4 nitrogen and oxygen atoms in total. The van der Waals surface area contributed by atoms with Gasteiger partial charge in [-0.2, -0.15) is 0 Å². The first kappa shape index (κ1) is 18.8. The lowest BCUT2D eigenvalue weighted by atomic mass is 10.0. The van der Waals surface area contributed by atoms with Crippen LogP contribution in [0.2, 0.25) is 0 Å². The summed E-state index contributed by atoms with van der Waals surface area (Å²) >= 11 is 0. The summed E-state index contributed by atoms with van der Waals surface area (Å²) in [5.74, 6) is -0.728. The second-order valence-electron chi connectivity index (χ2n) is 6.22. The van der Waals surface area contributed by atoms with Crippen LogP contribution in [0, 0.1) is 5.82 Å². The highest BCUT2D eigenvalue weighted by molar-refractivity contribution is 5.97. The number of carbonyl (C=O) groups is 2. The second kappa shape index (κ2) is 9.08. The van der Waals surface area contributed by atoms with Crippen LogP contribution in [0.1, 0.15) is 34.8 Å². The van der Waals surface area contributed by atoms with Crippen LogP contribution in [0.4, 0.5) is 4.39 Å². The van der Waals surface area contributed by atoms with Crippen LogP contribution >= 0.6 is 0 Å². The van der Waals surface area contributed by atoms with Crippen LogP contribution in [-0.2, 0) is 4.79 Å². The number of amides is 1. The molecule has 0 aliphatic rings. The third-order valence-electron chi connectivity index (χ3n) is 3.83. The van der Waals surface area contributed by atoms with E-state index in [-0.39, 0.29) is 36.4 Å². The van der Waals surface area contributed by atoms with Crippen molar-refractivity contribution in [1.82, 2.24) is 10.2 Å². The van der Waals surface area contributed by atoms with E-state index in [2.05, 4.69) is 5.32 Å². The molecule has 0 aliphatic heterocycles. The molecule has 0 saturated carbocycles. The Balaban J connectivity index is 1.92. The van der Waals surface area contributed by atoms with Crippen molar-refractivity contribution in [2.45, 2.75) is 18.9 Å². The molecule has 0 unspecified atom stereocenters. The Hall–Kier alpha value is -2.53. The van der Waals surface area contributed by atoms with Gasteiger partial charge < -0.3 is 10.2 Å². The largest absolute Gasteiger partial charge is 0.348 e. The lowest BCUT2D eigenvalue weighted by molar-refractivity contribution is -0.121. The number of benzene rings is 2. The number of nitrogens with one attached hydrogen (secondary N) is 1. The molecule has 5 heteroatoms. The van der Waals surface area contributed by atoms with Crippen molar-refractivity contribution in [3.8, 4) is 0 Å². The third kappa shape index (κ3) is 6.12. The Labute approximate surface area is 147 Å². The lowest BCUT2D eigenvalue weighted by Gasteiger charge is -2.23. The summed E-state index contributed by atoms with van der Waals surface area (Å²) in [7, 11) is 3.89. The Bertz CT molecular complexity index is 699. The maximum atomic E-state index is 12.9. The molecule has 25 heavy (non-hydrogen) atoms. The fraction of sp³-hybridized carbons (Fsp3) is 0.300. The van der Waals surface area contributed by atoms with Crippen LogP contribution in [0.3, 0.4) is 0 Å². The zero-order chi connectivity index (χ0) is 18.2. The topological polar surface area (TPSA) is 49.4 Å². The quantitative estimate of drug-likeness (QED) is 0.750. The van der Waals surface area contributed by atoms with Gasteiger partial charge in [-0.1, -0.05) is 30.3 Å². The van der Waals surface area contributed by atoms with Gasteiger partial charge in [-0.15, -0.1) is 0 Å². The van der Waals surface area contributed by atoms with Crippen molar-refractivity contribution in [3.05, 3.63) is 71.5 Å². The predicted octanol–water partition coefficient (Wildman–Crippen LogP) is 3.21. The zero-order valence-electron chi connectivity index (χ0n) is 14.5. The van der Waals surface area contributed by atoms with Gasteiger partial charge in [0.05, 0.1) is 6.04 Å². The van der Waals surface area contributed by atoms with Gasteiger partial charge in [-0.05, 0) is 43.9 Å². The lowest BCUT2D eigenvalue weighted by Crippen LogP contribution is -2.35. The molecule has 0 spiro atoms. The molecule has 2 rings (SSSR count). The number of rotatable bonds is 8. The van der Waals surface area contributed by atoms with Gasteiger partial charge in [-0.25, -0.2) is 4.39 Å². The average molecular weight is 342 g/mol. The summed E-state index contributed by atoms with van der Waals surface area (Å²) in [6, 6.07) is 15.0. The fourth-order valence-corrected chi connectivity index (χ4v) is 2.56. The maximum Gasteiger partial charge on any atom is 0.220 e. The van der Waals surface area contributed by atoms with E-state index < -0.39 is 0 Å². The van der Waals surface area contributed by atoms with Crippen molar-refractivity contribution < 1.29 is 14.0 Å². The van der Waals surface area contributed by atoms with E-state index in [1.54, 1.807) is 0 Å². The Kier molecular flexibility index (Phi) is 6.83. The molecule has 1 amide bonds. The number of hydrogen-bond donors (Lipinski definition) is 1. The summed E-state index contributed by atoms with van der Waals surface area (Å²) in [5, 5.41) is 2.99. The fourth-order valence-electron chi connectivity index (χ4n) is 2.56. The smallest absolute Gasteiger partial charge is 0.220 e. The van der Waals surface area contributed by atoms with Gasteiger partial charge in [0.2, 0.25) is 5.91 Å². The third-order valence-corrected chi connectivity index (χ3v) is 3.83. The normalized spacial score (nSPS) is 12.0. The van der Waals surface area contributed by atoms with E-state index in [0.29, 0.717) is 12.1 Å². The standard InChI is InChI=1S/C20H23FN2O2/c1-23(2)14-18(15-6-4-3-5-7-15)22-20(25)13-12-19(24)16-8-10-17(21)11-9-16/h3-11,18H,12-14H2,1-2H3,(H,22,25)/t18-/m1/s1. The summed E-state index contributed by atoms with van der Waals surface area (Å²) in [5.41, 5.74) is 1.44. The molecule has 0 fully saturated rings.